The molecule has 2 aromatic rings. The smallest absolute Gasteiger partial charge is 0.357 e. The highest BCUT2D eigenvalue weighted by molar-refractivity contribution is 5.81. The molecule has 0 bridgehead atoms. The Morgan fingerprint density at radius 3 is 2.19 bits per heavy atom. The number of phenolic OH excluding ortho intramolecular Hbond substituents is 1. The first-order valence-electron chi connectivity index (χ1n) is 6.29. The molecular formula is C16H14O5. The third kappa shape index (κ3) is 4.07. The Kier molecular flexibility index (Phi) is 4.56. The molecule has 1 atom stereocenters. The number of esters is 2. The maximum absolute atomic E-state index is 12.2. The number of carbonyl (C=O) groups is 2. The molecule has 0 aliphatic carbocycles. The van der Waals surface area contributed by atoms with Crippen LogP contribution in [0.2, 0.25) is 0 Å². The molecule has 2 aromatic carbocycles. The highest BCUT2D eigenvalue weighted by Gasteiger charge is 2.25. The second-order valence-electron chi connectivity index (χ2n) is 4.32. The predicted molar refractivity (Wildman–Crippen MR) is 74.7 cm³/mol. The van der Waals surface area contributed by atoms with Crippen LogP contribution in [0.5, 0.6) is 11.5 Å². The molecule has 108 valence electrons. The van der Waals surface area contributed by atoms with Crippen LogP contribution in [-0.2, 0) is 14.3 Å². The molecule has 0 radical (unpaired) electrons. The van der Waals surface area contributed by atoms with E-state index >= 15 is 0 Å². The summed E-state index contributed by atoms with van der Waals surface area (Å²) in [6, 6.07) is 14.3. The van der Waals surface area contributed by atoms with Crippen molar-refractivity contribution in [2.45, 2.75) is 13.0 Å². The summed E-state index contributed by atoms with van der Waals surface area (Å²) < 4.78 is 10.2. The van der Waals surface area contributed by atoms with Crippen LogP contribution in [0.1, 0.15) is 18.6 Å². The summed E-state index contributed by atoms with van der Waals surface area (Å²) in [6.45, 7) is 1.23. The van der Waals surface area contributed by atoms with Crippen LogP contribution in [-0.4, -0.2) is 17.0 Å². The second-order valence-corrected chi connectivity index (χ2v) is 4.32. The molecule has 0 aliphatic heterocycles. The van der Waals surface area contributed by atoms with Gasteiger partial charge in [-0.25, -0.2) is 4.79 Å². The van der Waals surface area contributed by atoms with Gasteiger partial charge >= 0.3 is 11.9 Å². The molecule has 2 rings (SSSR count). The Hall–Kier alpha value is -2.82. The lowest BCUT2D eigenvalue weighted by Crippen LogP contribution is -2.23. The molecule has 0 fully saturated rings. The summed E-state index contributed by atoms with van der Waals surface area (Å²) in [5, 5.41) is 9.19. The summed E-state index contributed by atoms with van der Waals surface area (Å²) in [4.78, 5) is 23.3. The summed E-state index contributed by atoms with van der Waals surface area (Å²) >= 11 is 0. The topological polar surface area (TPSA) is 72.8 Å². The zero-order chi connectivity index (χ0) is 15.2. The lowest BCUT2D eigenvalue weighted by atomic mass is 10.1. The SMILES string of the molecule is CC(=O)O[C@@H](C(=O)Oc1ccc(O)cc1)c1ccccc1. The number of hydrogen-bond acceptors (Lipinski definition) is 5. The van der Waals surface area contributed by atoms with Crippen molar-refractivity contribution in [2.24, 2.45) is 0 Å². The predicted octanol–water partition coefficient (Wildman–Crippen LogP) is 2.60. The van der Waals surface area contributed by atoms with Gasteiger partial charge in [0.25, 0.3) is 0 Å². The zero-order valence-corrected chi connectivity index (χ0v) is 11.4. The van der Waals surface area contributed by atoms with Gasteiger partial charge in [0.15, 0.2) is 0 Å². The van der Waals surface area contributed by atoms with Crippen molar-refractivity contribution in [1.29, 1.82) is 0 Å². The molecule has 0 spiro atoms. The highest BCUT2D eigenvalue weighted by atomic mass is 16.6. The van der Waals surface area contributed by atoms with E-state index in [9.17, 15) is 14.7 Å². The molecule has 1 N–H and O–H groups in total. The fraction of sp³-hybridized carbons (Fsp3) is 0.125. The first kappa shape index (κ1) is 14.6. The Balaban J connectivity index is 2.18. The van der Waals surface area contributed by atoms with Crippen molar-refractivity contribution in [3.8, 4) is 11.5 Å². The second kappa shape index (κ2) is 6.56. The van der Waals surface area contributed by atoms with E-state index in [2.05, 4.69) is 0 Å². The summed E-state index contributed by atoms with van der Waals surface area (Å²) in [5.41, 5.74) is 0.525. The lowest BCUT2D eigenvalue weighted by molar-refractivity contribution is -0.161. The number of hydrogen-bond donors (Lipinski definition) is 1. The van der Waals surface area contributed by atoms with Gasteiger partial charge in [0.05, 0.1) is 0 Å². The van der Waals surface area contributed by atoms with Crippen LogP contribution < -0.4 is 4.74 Å². The molecule has 0 heterocycles. The van der Waals surface area contributed by atoms with Crippen LogP contribution >= 0.6 is 0 Å². The fourth-order valence-electron chi connectivity index (χ4n) is 1.73. The summed E-state index contributed by atoms with van der Waals surface area (Å²) in [6.07, 6.45) is -1.13. The maximum Gasteiger partial charge on any atom is 0.357 e. The van der Waals surface area contributed by atoms with E-state index in [0.717, 1.165) is 0 Å². The molecule has 0 amide bonds. The first-order chi connectivity index (χ1) is 10.1. The standard InChI is InChI=1S/C16H14O5/c1-11(17)20-15(12-5-3-2-4-6-12)16(19)21-14-9-7-13(18)8-10-14/h2-10,15,18H,1H3/t15-/m1/s1. The number of aromatic hydroxyl groups is 1. The number of ether oxygens (including phenoxy) is 2. The van der Waals surface area contributed by atoms with E-state index in [4.69, 9.17) is 9.47 Å². The van der Waals surface area contributed by atoms with Crippen molar-refractivity contribution in [2.75, 3.05) is 0 Å². The fourth-order valence-corrected chi connectivity index (χ4v) is 1.73. The Morgan fingerprint density at radius 2 is 1.62 bits per heavy atom. The highest BCUT2D eigenvalue weighted by Crippen LogP contribution is 2.22. The molecule has 0 saturated carbocycles. The Bertz CT molecular complexity index is 619. The molecule has 0 aromatic heterocycles. The van der Waals surface area contributed by atoms with Gasteiger partial charge in [0, 0.05) is 12.5 Å². The molecule has 0 unspecified atom stereocenters. The van der Waals surface area contributed by atoms with E-state index in [1.54, 1.807) is 30.3 Å². The summed E-state index contributed by atoms with van der Waals surface area (Å²) in [5.74, 6) is -0.964. The van der Waals surface area contributed by atoms with Crippen LogP contribution in [0.3, 0.4) is 0 Å². The van der Waals surface area contributed by atoms with Crippen LogP contribution in [0.4, 0.5) is 0 Å². The minimum Gasteiger partial charge on any atom is -0.508 e. The number of benzene rings is 2. The van der Waals surface area contributed by atoms with Crippen molar-refractivity contribution in [3.05, 3.63) is 60.2 Å². The van der Waals surface area contributed by atoms with E-state index in [0.29, 0.717) is 5.56 Å². The van der Waals surface area contributed by atoms with Crippen molar-refractivity contribution in [3.63, 3.8) is 0 Å². The number of carbonyl (C=O) groups excluding carboxylic acids is 2. The molecule has 0 saturated heterocycles. The number of rotatable bonds is 4. The first-order valence-corrected chi connectivity index (χ1v) is 6.29. The molecule has 0 aliphatic rings. The average molecular weight is 286 g/mol. The largest absolute Gasteiger partial charge is 0.508 e. The Morgan fingerprint density at radius 1 is 1.00 bits per heavy atom. The normalized spacial score (nSPS) is 11.5. The summed E-state index contributed by atoms with van der Waals surface area (Å²) in [7, 11) is 0. The monoisotopic (exact) mass is 286 g/mol. The van der Waals surface area contributed by atoms with Crippen molar-refractivity contribution >= 4 is 11.9 Å². The van der Waals surface area contributed by atoms with Gasteiger partial charge in [0.2, 0.25) is 6.10 Å². The van der Waals surface area contributed by atoms with E-state index in [-0.39, 0.29) is 11.5 Å². The van der Waals surface area contributed by atoms with E-state index in [1.807, 2.05) is 0 Å². The Labute approximate surface area is 121 Å². The minimum atomic E-state index is -1.13. The third-order valence-corrected chi connectivity index (χ3v) is 2.66. The van der Waals surface area contributed by atoms with E-state index in [1.165, 1.54) is 31.2 Å². The van der Waals surface area contributed by atoms with E-state index < -0.39 is 18.0 Å². The molecule has 5 nitrogen and oxygen atoms in total. The molecule has 5 heteroatoms. The van der Waals surface area contributed by atoms with Gasteiger partial charge in [-0.05, 0) is 24.3 Å². The zero-order valence-electron chi connectivity index (χ0n) is 11.4. The minimum absolute atomic E-state index is 0.0643. The molecular weight excluding hydrogens is 272 g/mol. The van der Waals surface area contributed by atoms with Gasteiger partial charge < -0.3 is 14.6 Å². The number of phenols is 1. The van der Waals surface area contributed by atoms with Crippen molar-refractivity contribution < 1.29 is 24.2 Å². The maximum atomic E-state index is 12.2. The quantitative estimate of drug-likeness (QED) is 0.691. The van der Waals surface area contributed by atoms with Crippen LogP contribution in [0, 0.1) is 0 Å². The van der Waals surface area contributed by atoms with Crippen LogP contribution in [0.25, 0.3) is 0 Å². The van der Waals surface area contributed by atoms with Gasteiger partial charge in [-0.1, -0.05) is 30.3 Å². The van der Waals surface area contributed by atoms with Gasteiger partial charge in [-0.2, -0.15) is 0 Å². The average Bonchev–Trinajstić information content (AvgIpc) is 2.48. The lowest BCUT2D eigenvalue weighted by Gasteiger charge is -2.16. The van der Waals surface area contributed by atoms with Gasteiger partial charge in [-0.3, -0.25) is 4.79 Å². The van der Waals surface area contributed by atoms with Crippen LogP contribution in [0.15, 0.2) is 54.6 Å². The van der Waals surface area contributed by atoms with Gasteiger partial charge in [-0.15, -0.1) is 0 Å². The molecule has 21 heavy (non-hydrogen) atoms. The van der Waals surface area contributed by atoms with Crippen molar-refractivity contribution in [1.82, 2.24) is 0 Å². The third-order valence-electron chi connectivity index (χ3n) is 2.66. The van der Waals surface area contributed by atoms with Gasteiger partial charge in [0.1, 0.15) is 11.5 Å².